The molecule has 4 aromatic heterocycles. The predicted molar refractivity (Wildman–Crippen MR) is 105 cm³/mol. The van der Waals surface area contributed by atoms with Crippen LogP contribution in [0.3, 0.4) is 0 Å². The summed E-state index contributed by atoms with van der Waals surface area (Å²) in [4.78, 5) is 15.2. The molecule has 4 aromatic rings. The number of nitrogens with one attached hydrogen (secondary N) is 1. The number of pyridine rings is 3. The number of nitrogens with two attached hydrogens (primary N) is 1. The molecule has 0 aromatic carbocycles. The molecule has 0 amide bonds. The first-order valence-electron chi connectivity index (χ1n) is 8.15. The highest BCUT2D eigenvalue weighted by molar-refractivity contribution is 6.31. The van der Waals surface area contributed by atoms with Crippen LogP contribution in [0.25, 0.3) is 11.0 Å². The van der Waals surface area contributed by atoms with Crippen LogP contribution in [-0.2, 0) is 12.8 Å². The summed E-state index contributed by atoms with van der Waals surface area (Å²) in [5, 5.41) is 1.79. The smallest absolute Gasteiger partial charge is 0.218 e. The summed E-state index contributed by atoms with van der Waals surface area (Å²) in [7, 11) is 0. The molecule has 4 heterocycles. The number of hydrogen-bond donors (Lipinski definition) is 2. The van der Waals surface area contributed by atoms with Crippen LogP contribution in [0.2, 0.25) is 10.2 Å². The molecular weight excluding hydrogens is 388 g/mol. The molecule has 0 saturated heterocycles. The topological polar surface area (TPSA) is 80.5 Å². The molecule has 0 aliphatic rings. The van der Waals surface area contributed by atoms with Crippen LogP contribution < -0.4 is 5.73 Å². The van der Waals surface area contributed by atoms with E-state index in [-0.39, 0.29) is 5.82 Å². The molecule has 0 spiro atoms. The third kappa shape index (κ3) is 3.72. The summed E-state index contributed by atoms with van der Waals surface area (Å²) in [5.41, 5.74) is 9.58. The monoisotopic (exact) mass is 401 g/mol. The van der Waals surface area contributed by atoms with Crippen molar-refractivity contribution >= 4 is 40.1 Å². The summed E-state index contributed by atoms with van der Waals surface area (Å²) in [6, 6.07) is 7.10. The molecule has 3 N–H and O–H groups in total. The minimum Gasteiger partial charge on any atom is -0.383 e. The third-order valence-electron chi connectivity index (χ3n) is 4.31. The highest BCUT2D eigenvalue weighted by Gasteiger charge is 2.14. The number of nitrogens with zero attached hydrogens (tertiary/aromatic N) is 3. The van der Waals surface area contributed by atoms with Gasteiger partial charge in [0.25, 0.3) is 0 Å². The summed E-state index contributed by atoms with van der Waals surface area (Å²) in [5.74, 6) is -0.426. The van der Waals surface area contributed by atoms with Crippen molar-refractivity contribution in [3.63, 3.8) is 0 Å². The summed E-state index contributed by atoms with van der Waals surface area (Å²) < 4.78 is 14.4. The van der Waals surface area contributed by atoms with Gasteiger partial charge in [-0.15, -0.1) is 0 Å². The number of aromatic amines is 1. The standard InChI is InChI=1S/C19H14Cl2FN5/c20-14-6-15-13(8-25-19(15)26-9-14)5-11-4-12(18(23)27-17(11)22)3-10-1-2-16(21)24-7-10/h1-2,4,6-9H,3,5H2,(H2,23,27)(H,25,26). The average molecular weight is 402 g/mol. The fourth-order valence-corrected chi connectivity index (χ4v) is 3.24. The van der Waals surface area contributed by atoms with Gasteiger partial charge in [0.15, 0.2) is 0 Å². The maximum atomic E-state index is 14.4. The van der Waals surface area contributed by atoms with Gasteiger partial charge in [-0.05, 0) is 34.9 Å². The Bertz CT molecular complexity index is 1130. The van der Waals surface area contributed by atoms with Gasteiger partial charge in [-0.25, -0.2) is 15.0 Å². The van der Waals surface area contributed by atoms with Gasteiger partial charge in [0.05, 0.1) is 5.02 Å². The molecule has 0 aliphatic heterocycles. The van der Waals surface area contributed by atoms with Gasteiger partial charge in [-0.2, -0.15) is 4.39 Å². The molecule has 0 atom stereocenters. The number of hydrogen-bond acceptors (Lipinski definition) is 4. The number of nitrogen functional groups attached to an aromatic ring is 1. The Labute approximate surface area is 164 Å². The van der Waals surface area contributed by atoms with Crippen LogP contribution in [0.15, 0.2) is 42.9 Å². The lowest BCUT2D eigenvalue weighted by molar-refractivity contribution is 0.571. The van der Waals surface area contributed by atoms with E-state index in [4.69, 9.17) is 28.9 Å². The highest BCUT2D eigenvalue weighted by Crippen LogP contribution is 2.25. The Morgan fingerprint density at radius 3 is 2.63 bits per heavy atom. The molecule has 136 valence electrons. The van der Waals surface area contributed by atoms with Crippen LogP contribution in [0.1, 0.15) is 22.3 Å². The van der Waals surface area contributed by atoms with E-state index in [1.807, 2.05) is 6.07 Å². The lowest BCUT2D eigenvalue weighted by Gasteiger charge is -2.09. The second-order valence-corrected chi connectivity index (χ2v) is 7.01. The van der Waals surface area contributed by atoms with Gasteiger partial charge >= 0.3 is 0 Å². The van der Waals surface area contributed by atoms with Crippen molar-refractivity contribution in [3.8, 4) is 0 Å². The third-order valence-corrected chi connectivity index (χ3v) is 4.74. The fraction of sp³-hybridized carbons (Fsp3) is 0.105. The van der Waals surface area contributed by atoms with Crippen molar-refractivity contribution in [2.75, 3.05) is 5.73 Å². The largest absolute Gasteiger partial charge is 0.383 e. The van der Waals surface area contributed by atoms with Crippen molar-refractivity contribution in [2.45, 2.75) is 12.8 Å². The second kappa shape index (κ2) is 7.13. The van der Waals surface area contributed by atoms with Gasteiger partial charge in [0, 0.05) is 42.4 Å². The van der Waals surface area contributed by atoms with Gasteiger partial charge in [-0.1, -0.05) is 29.3 Å². The SMILES string of the molecule is Nc1nc(F)c(Cc2c[nH]c3ncc(Cl)cc23)cc1Cc1ccc(Cl)nc1. The molecule has 0 saturated carbocycles. The van der Waals surface area contributed by atoms with E-state index in [0.717, 1.165) is 22.1 Å². The lowest BCUT2D eigenvalue weighted by Crippen LogP contribution is -2.05. The normalized spacial score (nSPS) is 11.2. The van der Waals surface area contributed by atoms with E-state index in [1.165, 1.54) is 0 Å². The lowest BCUT2D eigenvalue weighted by atomic mass is 10.0. The van der Waals surface area contributed by atoms with Crippen molar-refractivity contribution in [3.05, 3.63) is 81.2 Å². The Balaban J connectivity index is 1.68. The summed E-state index contributed by atoms with van der Waals surface area (Å²) >= 11 is 11.8. The number of H-pyrrole nitrogens is 1. The molecule has 0 aliphatic carbocycles. The van der Waals surface area contributed by atoms with Crippen LogP contribution in [0, 0.1) is 5.95 Å². The van der Waals surface area contributed by atoms with Crippen molar-refractivity contribution in [2.24, 2.45) is 0 Å². The number of anilines is 1. The Kier molecular flexibility index (Phi) is 4.68. The second-order valence-electron chi connectivity index (χ2n) is 6.19. The molecule has 0 unspecified atom stereocenters. The first kappa shape index (κ1) is 17.7. The minimum atomic E-state index is -0.588. The zero-order valence-corrected chi connectivity index (χ0v) is 15.5. The van der Waals surface area contributed by atoms with Crippen LogP contribution >= 0.6 is 23.2 Å². The fourth-order valence-electron chi connectivity index (χ4n) is 2.97. The van der Waals surface area contributed by atoms with E-state index in [1.54, 1.807) is 36.8 Å². The van der Waals surface area contributed by atoms with Gasteiger partial charge in [0.2, 0.25) is 5.95 Å². The van der Waals surface area contributed by atoms with Gasteiger partial charge in [0.1, 0.15) is 16.6 Å². The molecule has 8 heteroatoms. The van der Waals surface area contributed by atoms with Crippen LogP contribution in [-0.4, -0.2) is 19.9 Å². The van der Waals surface area contributed by atoms with Gasteiger partial charge in [-0.3, -0.25) is 0 Å². The summed E-state index contributed by atoms with van der Waals surface area (Å²) in [6.07, 6.45) is 5.85. The molecule has 0 fully saturated rings. The molecule has 4 rings (SSSR count). The van der Waals surface area contributed by atoms with E-state index < -0.39 is 5.95 Å². The van der Waals surface area contributed by atoms with E-state index in [2.05, 4.69) is 19.9 Å². The van der Waals surface area contributed by atoms with Crippen molar-refractivity contribution < 1.29 is 4.39 Å². The Hall–Kier alpha value is -2.70. The van der Waals surface area contributed by atoms with Crippen LogP contribution in [0.5, 0.6) is 0 Å². The van der Waals surface area contributed by atoms with E-state index in [9.17, 15) is 4.39 Å². The average Bonchev–Trinajstić information content (AvgIpc) is 3.03. The zero-order valence-electron chi connectivity index (χ0n) is 14.0. The first-order valence-corrected chi connectivity index (χ1v) is 8.91. The van der Waals surface area contributed by atoms with Crippen LogP contribution in [0.4, 0.5) is 10.2 Å². The van der Waals surface area contributed by atoms with Crippen molar-refractivity contribution in [1.29, 1.82) is 0 Å². The van der Waals surface area contributed by atoms with Crippen molar-refractivity contribution in [1.82, 2.24) is 19.9 Å². The summed E-state index contributed by atoms with van der Waals surface area (Å²) in [6.45, 7) is 0. The quantitative estimate of drug-likeness (QED) is 0.491. The zero-order chi connectivity index (χ0) is 19.0. The minimum absolute atomic E-state index is 0.162. The molecule has 0 radical (unpaired) electrons. The Morgan fingerprint density at radius 1 is 1.00 bits per heavy atom. The number of rotatable bonds is 4. The van der Waals surface area contributed by atoms with E-state index in [0.29, 0.717) is 34.2 Å². The predicted octanol–water partition coefficient (Wildman–Crippen LogP) is 4.56. The van der Waals surface area contributed by atoms with E-state index >= 15 is 0 Å². The molecule has 27 heavy (non-hydrogen) atoms. The highest BCUT2D eigenvalue weighted by atomic mass is 35.5. The molecule has 5 nitrogen and oxygen atoms in total. The van der Waals surface area contributed by atoms with Gasteiger partial charge < -0.3 is 10.7 Å². The number of fused-ring (bicyclic) bond motifs is 1. The number of halogens is 3. The molecule has 0 bridgehead atoms. The maximum Gasteiger partial charge on any atom is 0.218 e. The maximum absolute atomic E-state index is 14.4. The molecular formula is C19H14Cl2FN5. The first-order chi connectivity index (χ1) is 13.0. The Morgan fingerprint density at radius 2 is 1.85 bits per heavy atom. The number of aromatic nitrogens is 4.